The Morgan fingerprint density at radius 1 is 1.11 bits per heavy atom. The fourth-order valence-electron chi connectivity index (χ4n) is 3.61. The van der Waals surface area contributed by atoms with Crippen molar-refractivity contribution >= 4 is 24.0 Å². The van der Waals surface area contributed by atoms with Crippen molar-refractivity contribution in [3.63, 3.8) is 0 Å². The number of esters is 2. The van der Waals surface area contributed by atoms with Gasteiger partial charge >= 0.3 is 11.9 Å². The van der Waals surface area contributed by atoms with E-state index in [4.69, 9.17) is 9.47 Å². The van der Waals surface area contributed by atoms with Crippen LogP contribution in [-0.2, 0) is 24.8 Å². The first-order chi connectivity index (χ1) is 13.1. The summed E-state index contributed by atoms with van der Waals surface area (Å²) in [5.41, 5.74) is -0.486. The Kier molecular flexibility index (Phi) is 4.12. The summed E-state index contributed by atoms with van der Waals surface area (Å²) >= 11 is 0. The highest BCUT2D eigenvalue weighted by Crippen LogP contribution is 2.44. The van der Waals surface area contributed by atoms with Crippen molar-refractivity contribution in [2.24, 2.45) is 0 Å². The Morgan fingerprint density at radius 2 is 1.89 bits per heavy atom. The standard InChI is InChI=1S/C19H17N3O5/c1-21-10-11-22(15-13(12-23)6-5-9-20-15)19(14-7-3-2-4-8-14)18(21)26-16(24)17(25)27-19/h2-9,12,18H,10-11H2,1H3. The number of fused-ring (bicyclic) bond motifs is 1. The first kappa shape index (κ1) is 17.2. The maximum Gasteiger partial charge on any atom is 0.420 e. The van der Waals surface area contributed by atoms with Crippen LogP contribution < -0.4 is 4.90 Å². The molecule has 2 atom stereocenters. The third-order valence-corrected chi connectivity index (χ3v) is 4.83. The van der Waals surface area contributed by atoms with E-state index in [1.165, 1.54) is 0 Å². The number of likely N-dealkylation sites (N-methyl/N-ethyl adjacent to an activating group) is 1. The number of hydrogen-bond acceptors (Lipinski definition) is 8. The number of carbonyl (C=O) groups is 3. The van der Waals surface area contributed by atoms with Crippen molar-refractivity contribution in [2.45, 2.75) is 12.0 Å². The molecule has 2 unspecified atom stereocenters. The molecule has 2 aromatic rings. The summed E-state index contributed by atoms with van der Waals surface area (Å²) in [4.78, 5) is 43.6. The lowest BCUT2D eigenvalue weighted by molar-refractivity contribution is -0.245. The van der Waals surface area contributed by atoms with Gasteiger partial charge in [0.25, 0.3) is 5.72 Å². The van der Waals surface area contributed by atoms with Gasteiger partial charge in [-0.15, -0.1) is 0 Å². The van der Waals surface area contributed by atoms with Gasteiger partial charge in [-0.05, 0) is 19.2 Å². The topological polar surface area (TPSA) is 89.0 Å². The van der Waals surface area contributed by atoms with Gasteiger partial charge in [-0.1, -0.05) is 30.3 Å². The van der Waals surface area contributed by atoms with Gasteiger partial charge < -0.3 is 14.4 Å². The van der Waals surface area contributed by atoms with E-state index in [1.54, 1.807) is 59.4 Å². The van der Waals surface area contributed by atoms with Crippen LogP contribution in [0.4, 0.5) is 5.82 Å². The molecule has 2 aliphatic rings. The van der Waals surface area contributed by atoms with E-state index in [0.717, 1.165) is 0 Å². The molecule has 8 nitrogen and oxygen atoms in total. The summed E-state index contributed by atoms with van der Waals surface area (Å²) in [5.74, 6) is -1.77. The number of hydrogen-bond donors (Lipinski definition) is 0. The molecule has 4 rings (SSSR count). The van der Waals surface area contributed by atoms with Crippen molar-refractivity contribution in [1.29, 1.82) is 0 Å². The number of benzene rings is 1. The number of anilines is 1. The molecule has 2 fully saturated rings. The average Bonchev–Trinajstić information content (AvgIpc) is 2.70. The van der Waals surface area contributed by atoms with E-state index >= 15 is 0 Å². The summed E-state index contributed by atoms with van der Waals surface area (Å²) in [6.45, 7) is 0.920. The predicted octanol–water partition coefficient (Wildman–Crippen LogP) is 0.925. The molecule has 2 aliphatic heterocycles. The van der Waals surface area contributed by atoms with Gasteiger partial charge in [0.2, 0.25) is 6.23 Å². The number of ether oxygens (including phenoxy) is 2. The van der Waals surface area contributed by atoms with Gasteiger partial charge in [-0.2, -0.15) is 0 Å². The fraction of sp³-hybridized carbons (Fsp3) is 0.263. The molecular formula is C19H17N3O5. The SMILES string of the molecule is CN1CCN(c2ncccc2C=O)C2(c3ccccc3)OC(=O)C(=O)OC12. The molecule has 0 spiro atoms. The molecule has 0 radical (unpaired) electrons. The van der Waals surface area contributed by atoms with Gasteiger partial charge in [0.1, 0.15) is 5.82 Å². The lowest BCUT2D eigenvalue weighted by Crippen LogP contribution is -2.71. The van der Waals surface area contributed by atoms with Crippen LogP contribution in [0.1, 0.15) is 15.9 Å². The minimum absolute atomic E-state index is 0.351. The number of aromatic nitrogens is 1. The lowest BCUT2D eigenvalue weighted by Gasteiger charge is -2.54. The minimum Gasteiger partial charge on any atom is -0.431 e. The second-order valence-corrected chi connectivity index (χ2v) is 6.38. The second-order valence-electron chi connectivity index (χ2n) is 6.38. The molecule has 0 saturated carbocycles. The van der Waals surface area contributed by atoms with Gasteiger partial charge in [-0.3, -0.25) is 9.69 Å². The van der Waals surface area contributed by atoms with Crippen molar-refractivity contribution < 1.29 is 23.9 Å². The Hall–Kier alpha value is -3.26. The molecule has 0 aliphatic carbocycles. The van der Waals surface area contributed by atoms with Crippen LogP contribution in [0.5, 0.6) is 0 Å². The summed E-state index contributed by atoms with van der Waals surface area (Å²) in [5, 5.41) is 0. The number of pyridine rings is 1. The van der Waals surface area contributed by atoms with Crippen LogP contribution in [0, 0.1) is 0 Å². The molecular weight excluding hydrogens is 350 g/mol. The van der Waals surface area contributed by atoms with Crippen molar-refractivity contribution in [3.05, 3.63) is 59.8 Å². The van der Waals surface area contributed by atoms with Gasteiger partial charge in [-0.25, -0.2) is 14.6 Å². The van der Waals surface area contributed by atoms with E-state index in [9.17, 15) is 14.4 Å². The number of aldehydes is 1. The predicted molar refractivity (Wildman–Crippen MR) is 93.7 cm³/mol. The summed E-state index contributed by atoms with van der Waals surface area (Å²) in [6, 6.07) is 12.3. The minimum atomic E-state index is -1.45. The molecule has 27 heavy (non-hydrogen) atoms. The highest BCUT2D eigenvalue weighted by Gasteiger charge is 2.60. The summed E-state index contributed by atoms with van der Waals surface area (Å²) in [6.07, 6.45) is 1.37. The largest absolute Gasteiger partial charge is 0.431 e. The zero-order valence-corrected chi connectivity index (χ0v) is 14.6. The van der Waals surface area contributed by atoms with Crippen LogP contribution in [0.2, 0.25) is 0 Å². The average molecular weight is 367 g/mol. The summed E-state index contributed by atoms with van der Waals surface area (Å²) in [7, 11) is 1.78. The van der Waals surface area contributed by atoms with Gasteiger partial charge in [0.15, 0.2) is 6.29 Å². The van der Waals surface area contributed by atoms with Crippen LogP contribution in [0.25, 0.3) is 0 Å². The third-order valence-electron chi connectivity index (χ3n) is 4.83. The van der Waals surface area contributed by atoms with Crippen LogP contribution in [0.15, 0.2) is 48.7 Å². The lowest BCUT2D eigenvalue weighted by atomic mass is 9.94. The first-order valence-electron chi connectivity index (χ1n) is 8.45. The quantitative estimate of drug-likeness (QED) is 0.450. The van der Waals surface area contributed by atoms with Crippen molar-refractivity contribution in [2.75, 3.05) is 25.0 Å². The molecule has 0 bridgehead atoms. The Balaban J connectivity index is 1.96. The van der Waals surface area contributed by atoms with Gasteiger partial charge in [0.05, 0.1) is 5.56 Å². The number of rotatable bonds is 3. The monoisotopic (exact) mass is 367 g/mol. The fourth-order valence-corrected chi connectivity index (χ4v) is 3.61. The molecule has 1 aromatic carbocycles. The van der Waals surface area contributed by atoms with Crippen molar-refractivity contribution in [3.8, 4) is 0 Å². The van der Waals surface area contributed by atoms with Gasteiger partial charge in [0, 0.05) is 24.8 Å². The number of piperazine rings is 1. The highest BCUT2D eigenvalue weighted by atomic mass is 16.7. The molecule has 138 valence electrons. The van der Waals surface area contributed by atoms with Crippen LogP contribution >= 0.6 is 0 Å². The molecule has 8 heteroatoms. The van der Waals surface area contributed by atoms with E-state index in [0.29, 0.717) is 36.3 Å². The van der Waals surface area contributed by atoms with Crippen LogP contribution in [-0.4, -0.2) is 54.5 Å². The first-order valence-corrected chi connectivity index (χ1v) is 8.45. The van der Waals surface area contributed by atoms with E-state index in [-0.39, 0.29) is 0 Å². The Labute approximate surface area is 155 Å². The maximum atomic E-state index is 12.2. The van der Waals surface area contributed by atoms with Crippen LogP contribution in [0.3, 0.4) is 0 Å². The molecule has 0 N–H and O–H groups in total. The Morgan fingerprint density at radius 3 is 2.63 bits per heavy atom. The molecule has 3 heterocycles. The normalized spacial score (nSPS) is 25.4. The molecule has 1 aromatic heterocycles. The maximum absolute atomic E-state index is 12.2. The second kappa shape index (κ2) is 6.48. The summed E-state index contributed by atoms with van der Waals surface area (Å²) < 4.78 is 11.2. The zero-order chi connectivity index (χ0) is 19.0. The molecule has 0 amide bonds. The van der Waals surface area contributed by atoms with E-state index in [1.807, 2.05) is 6.07 Å². The number of carbonyl (C=O) groups excluding carboxylic acids is 3. The van der Waals surface area contributed by atoms with E-state index < -0.39 is 23.9 Å². The number of nitrogens with zero attached hydrogens (tertiary/aromatic N) is 3. The van der Waals surface area contributed by atoms with E-state index in [2.05, 4.69) is 4.98 Å². The Bertz CT molecular complexity index is 903. The smallest absolute Gasteiger partial charge is 0.420 e. The van der Waals surface area contributed by atoms with Crippen molar-refractivity contribution in [1.82, 2.24) is 9.88 Å². The third kappa shape index (κ3) is 2.57. The molecule has 2 saturated heterocycles. The highest BCUT2D eigenvalue weighted by molar-refractivity contribution is 6.30. The zero-order valence-electron chi connectivity index (χ0n) is 14.6.